The van der Waals surface area contributed by atoms with E-state index in [-0.39, 0.29) is 5.92 Å². The van der Waals surface area contributed by atoms with Gasteiger partial charge in [0.15, 0.2) is 0 Å². The highest BCUT2D eigenvalue weighted by Crippen LogP contribution is 2.07. The number of carboxylic acid groups (broad SMARTS) is 2. The molecule has 0 saturated carbocycles. The topological polar surface area (TPSA) is 77.8 Å². The minimum absolute atomic E-state index is 0.231. The number of nitrogens with zero attached hydrogens (tertiary/aromatic N) is 1. The Morgan fingerprint density at radius 2 is 1.47 bits per heavy atom. The van der Waals surface area contributed by atoms with Crippen LogP contribution in [0.3, 0.4) is 0 Å². The number of amides is 1. The SMILES string of the molecule is CC(C)C(=O)O.O=C(O)N1CCCCC1. The molecule has 1 heterocycles. The highest BCUT2D eigenvalue weighted by Gasteiger charge is 2.13. The minimum atomic E-state index is -0.769. The molecule has 1 rings (SSSR count). The molecular formula is C10H19NO4. The summed E-state index contributed by atoms with van der Waals surface area (Å²) in [5.41, 5.74) is 0. The van der Waals surface area contributed by atoms with Gasteiger partial charge in [-0.05, 0) is 19.3 Å². The Kier molecular flexibility index (Phi) is 6.49. The lowest BCUT2D eigenvalue weighted by Crippen LogP contribution is -2.34. The molecule has 5 heteroatoms. The van der Waals surface area contributed by atoms with Crippen LogP contribution in [0.25, 0.3) is 0 Å². The van der Waals surface area contributed by atoms with E-state index in [9.17, 15) is 9.59 Å². The van der Waals surface area contributed by atoms with Gasteiger partial charge in [-0.2, -0.15) is 0 Å². The molecule has 5 nitrogen and oxygen atoms in total. The molecule has 0 unspecified atom stereocenters. The van der Waals surface area contributed by atoms with Crippen LogP contribution in [0.2, 0.25) is 0 Å². The molecule has 1 aliphatic rings. The first-order chi connectivity index (χ1) is 6.95. The lowest BCUT2D eigenvalue weighted by molar-refractivity contribution is -0.140. The molecule has 0 spiro atoms. The van der Waals surface area contributed by atoms with Crippen LogP contribution in [0.1, 0.15) is 33.1 Å². The summed E-state index contributed by atoms with van der Waals surface area (Å²) in [5.74, 6) is -0.972. The van der Waals surface area contributed by atoms with Crippen LogP contribution in [-0.4, -0.2) is 40.3 Å². The van der Waals surface area contributed by atoms with E-state index >= 15 is 0 Å². The van der Waals surface area contributed by atoms with Crippen molar-refractivity contribution in [2.45, 2.75) is 33.1 Å². The molecule has 0 aromatic carbocycles. The van der Waals surface area contributed by atoms with Crippen LogP contribution < -0.4 is 0 Å². The Hall–Kier alpha value is -1.26. The maximum Gasteiger partial charge on any atom is 0.407 e. The molecule has 15 heavy (non-hydrogen) atoms. The number of aliphatic carboxylic acids is 1. The Labute approximate surface area is 89.7 Å². The summed E-state index contributed by atoms with van der Waals surface area (Å²) in [7, 11) is 0. The van der Waals surface area contributed by atoms with E-state index in [2.05, 4.69) is 0 Å². The monoisotopic (exact) mass is 217 g/mol. The van der Waals surface area contributed by atoms with Gasteiger partial charge in [-0.1, -0.05) is 13.8 Å². The number of hydrogen-bond acceptors (Lipinski definition) is 2. The molecule has 1 fully saturated rings. The number of rotatable bonds is 1. The first kappa shape index (κ1) is 13.7. The molecule has 0 bridgehead atoms. The number of hydrogen-bond donors (Lipinski definition) is 2. The smallest absolute Gasteiger partial charge is 0.407 e. The second-order valence-corrected chi connectivity index (χ2v) is 3.82. The van der Waals surface area contributed by atoms with Gasteiger partial charge in [-0.3, -0.25) is 4.79 Å². The van der Waals surface area contributed by atoms with Gasteiger partial charge in [0.1, 0.15) is 0 Å². The van der Waals surface area contributed by atoms with E-state index in [0.717, 1.165) is 25.9 Å². The van der Waals surface area contributed by atoms with Crippen LogP contribution in [0, 0.1) is 5.92 Å². The minimum Gasteiger partial charge on any atom is -0.481 e. The molecule has 88 valence electrons. The Bertz CT molecular complexity index is 209. The summed E-state index contributed by atoms with van der Waals surface area (Å²) in [4.78, 5) is 21.5. The molecular weight excluding hydrogens is 198 g/mol. The zero-order valence-electron chi connectivity index (χ0n) is 9.27. The lowest BCUT2D eigenvalue weighted by atomic mass is 10.1. The number of piperidine rings is 1. The molecule has 0 aromatic heterocycles. The average Bonchev–Trinajstić information content (AvgIpc) is 2.20. The van der Waals surface area contributed by atoms with Crippen LogP contribution >= 0.6 is 0 Å². The van der Waals surface area contributed by atoms with E-state index in [1.807, 2.05) is 0 Å². The highest BCUT2D eigenvalue weighted by atomic mass is 16.4. The Morgan fingerprint density at radius 3 is 1.67 bits per heavy atom. The first-order valence-electron chi connectivity index (χ1n) is 5.15. The van der Waals surface area contributed by atoms with Gasteiger partial charge < -0.3 is 15.1 Å². The van der Waals surface area contributed by atoms with Crippen molar-refractivity contribution >= 4 is 12.1 Å². The van der Waals surface area contributed by atoms with E-state index in [0.29, 0.717) is 0 Å². The zero-order chi connectivity index (χ0) is 11.8. The molecule has 2 N–H and O–H groups in total. The molecule has 0 aromatic rings. The Balaban J connectivity index is 0.000000288. The van der Waals surface area contributed by atoms with Crippen molar-refractivity contribution < 1.29 is 19.8 Å². The van der Waals surface area contributed by atoms with Crippen molar-refractivity contribution in [3.63, 3.8) is 0 Å². The summed E-state index contributed by atoms with van der Waals surface area (Å²) in [6.07, 6.45) is 2.48. The quantitative estimate of drug-likeness (QED) is 0.703. The average molecular weight is 217 g/mol. The molecule has 1 amide bonds. The van der Waals surface area contributed by atoms with Gasteiger partial charge in [0.25, 0.3) is 0 Å². The summed E-state index contributed by atoms with van der Waals surface area (Å²) in [5, 5.41) is 16.5. The van der Waals surface area contributed by atoms with Gasteiger partial charge in [0.05, 0.1) is 5.92 Å². The molecule has 1 saturated heterocycles. The van der Waals surface area contributed by atoms with E-state index in [1.165, 1.54) is 11.3 Å². The van der Waals surface area contributed by atoms with Gasteiger partial charge in [-0.25, -0.2) is 4.79 Å². The molecule has 0 aliphatic carbocycles. The fourth-order valence-electron chi connectivity index (χ4n) is 1.09. The third-order valence-corrected chi connectivity index (χ3v) is 2.12. The third kappa shape index (κ3) is 6.76. The largest absolute Gasteiger partial charge is 0.481 e. The number of carboxylic acids is 1. The van der Waals surface area contributed by atoms with Crippen molar-refractivity contribution in [2.75, 3.05) is 13.1 Å². The fourth-order valence-corrected chi connectivity index (χ4v) is 1.09. The van der Waals surface area contributed by atoms with Crippen molar-refractivity contribution in [3.8, 4) is 0 Å². The van der Waals surface area contributed by atoms with Gasteiger partial charge in [-0.15, -0.1) is 0 Å². The maximum absolute atomic E-state index is 10.3. The summed E-state index contributed by atoms with van der Waals surface area (Å²) in [6.45, 7) is 4.75. The van der Waals surface area contributed by atoms with Gasteiger partial charge in [0, 0.05) is 13.1 Å². The number of likely N-dealkylation sites (tertiary alicyclic amines) is 1. The predicted octanol–water partition coefficient (Wildman–Crippen LogP) is 1.88. The molecule has 1 aliphatic heterocycles. The fraction of sp³-hybridized carbons (Fsp3) is 0.800. The third-order valence-electron chi connectivity index (χ3n) is 2.12. The Morgan fingerprint density at radius 1 is 1.07 bits per heavy atom. The first-order valence-corrected chi connectivity index (χ1v) is 5.15. The van der Waals surface area contributed by atoms with Crippen molar-refractivity contribution in [1.82, 2.24) is 4.90 Å². The maximum atomic E-state index is 10.3. The van der Waals surface area contributed by atoms with E-state index < -0.39 is 12.1 Å². The van der Waals surface area contributed by atoms with Gasteiger partial charge in [0.2, 0.25) is 0 Å². The normalized spacial score (nSPS) is 15.5. The highest BCUT2D eigenvalue weighted by molar-refractivity contribution is 5.68. The predicted molar refractivity (Wildman–Crippen MR) is 55.9 cm³/mol. The molecule has 0 atom stereocenters. The lowest BCUT2D eigenvalue weighted by Gasteiger charge is -2.22. The van der Waals surface area contributed by atoms with Crippen molar-refractivity contribution in [1.29, 1.82) is 0 Å². The van der Waals surface area contributed by atoms with E-state index in [1.54, 1.807) is 13.8 Å². The summed E-state index contributed by atoms with van der Waals surface area (Å²) < 4.78 is 0. The zero-order valence-corrected chi connectivity index (χ0v) is 9.27. The summed E-state index contributed by atoms with van der Waals surface area (Å²) in [6, 6.07) is 0. The van der Waals surface area contributed by atoms with E-state index in [4.69, 9.17) is 10.2 Å². The summed E-state index contributed by atoms with van der Waals surface area (Å²) >= 11 is 0. The van der Waals surface area contributed by atoms with Crippen LogP contribution in [0.4, 0.5) is 4.79 Å². The van der Waals surface area contributed by atoms with Crippen molar-refractivity contribution in [2.24, 2.45) is 5.92 Å². The number of carbonyl (C=O) groups is 2. The van der Waals surface area contributed by atoms with Crippen LogP contribution in [-0.2, 0) is 4.79 Å². The standard InChI is InChI=1S/C6H11NO2.C4H8O2/c8-6(9)7-4-2-1-3-5-7;1-3(2)4(5)6/h1-5H2,(H,8,9);3H,1-2H3,(H,5,6). The van der Waals surface area contributed by atoms with Crippen LogP contribution in [0.15, 0.2) is 0 Å². The van der Waals surface area contributed by atoms with Gasteiger partial charge >= 0.3 is 12.1 Å². The second kappa shape index (κ2) is 7.09. The second-order valence-electron chi connectivity index (χ2n) is 3.82. The van der Waals surface area contributed by atoms with Crippen molar-refractivity contribution in [3.05, 3.63) is 0 Å². The van der Waals surface area contributed by atoms with Crippen LogP contribution in [0.5, 0.6) is 0 Å². The molecule has 0 radical (unpaired) electrons.